The monoisotopic (exact) mass is 248 g/mol. The fraction of sp³-hybridized carbons (Fsp3) is 0.308. The number of amides is 1. The Kier molecular flexibility index (Phi) is 4.20. The second kappa shape index (κ2) is 5.44. The molecule has 0 aliphatic heterocycles. The summed E-state index contributed by atoms with van der Waals surface area (Å²) in [5.74, 6) is -1.28. The predicted molar refractivity (Wildman–Crippen MR) is 68.1 cm³/mol. The van der Waals surface area contributed by atoms with Gasteiger partial charge < -0.3 is 10.4 Å². The van der Waals surface area contributed by atoms with Crippen LogP contribution in [0.2, 0.25) is 0 Å². The molecule has 5 nitrogen and oxygen atoms in total. The van der Waals surface area contributed by atoms with Gasteiger partial charge in [-0.05, 0) is 38.5 Å². The average Bonchev–Trinajstić information content (AvgIpc) is 2.24. The topological polar surface area (TPSA) is 79.3 Å². The molecular formula is C13H16N2O3. The van der Waals surface area contributed by atoms with Crippen LogP contribution in [0.15, 0.2) is 24.5 Å². The predicted octanol–water partition coefficient (Wildman–Crippen LogP) is 1.71. The van der Waals surface area contributed by atoms with E-state index in [0.29, 0.717) is 11.1 Å². The molecule has 18 heavy (non-hydrogen) atoms. The van der Waals surface area contributed by atoms with Crippen molar-refractivity contribution in [2.75, 3.05) is 0 Å². The van der Waals surface area contributed by atoms with Crippen LogP contribution in [0, 0.1) is 0 Å². The highest BCUT2D eigenvalue weighted by molar-refractivity contribution is 5.95. The number of hydrogen-bond acceptors (Lipinski definition) is 3. The molecule has 0 atom stereocenters. The maximum absolute atomic E-state index is 11.9. The smallest absolute Gasteiger partial charge is 0.328 e. The lowest BCUT2D eigenvalue weighted by Gasteiger charge is -2.20. The van der Waals surface area contributed by atoms with Crippen LogP contribution in [0.5, 0.6) is 0 Å². The summed E-state index contributed by atoms with van der Waals surface area (Å²) >= 11 is 0. The lowest BCUT2D eigenvalue weighted by atomic mass is 10.1. The number of nitrogens with one attached hydrogen (secondary N) is 1. The van der Waals surface area contributed by atoms with E-state index in [2.05, 4.69) is 10.3 Å². The summed E-state index contributed by atoms with van der Waals surface area (Å²) in [6.45, 7) is 5.64. The molecule has 0 spiro atoms. The second-order valence-electron chi connectivity index (χ2n) is 4.88. The van der Waals surface area contributed by atoms with Crippen LogP contribution in [-0.4, -0.2) is 27.5 Å². The molecule has 0 aromatic carbocycles. The molecule has 2 N–H and O–H groups in total. The van der Waals surface area contributed by atoms with E-state index < -0.39 is 5.97 Å². The number of hydrogen-bond donors (Lipinski definition) is 2. The van der Waals surface area contributed by atoms with Crippen LogP contribution < -0.4 is 5.32 Å². The Hall–Kier alpha value is -2.17. The van der Waals surface area contributed by atoms with Gasteiger partial charge in [0.05, 0.1) is 5.56 Å². The molecule has 0 saturated carbocycles. The highest BCUT2D eigenvalue weighted by atomic mass is 16.4. The summed E-state index contributed by atoms with van der Waals surface area (Å²) < 4.78 is 0. The van der Waals surface area contributed by atoms with Crippen molar-refractivity contribution in [2.45, 2.75) is 26.3 Å². The average molecular weight is 248 g/mol. The first-order chi connectivity index (χ1) is 8.28. The van der Waals surface area contributed by atoms with Crippen molar-refractivity contribution in [3.8, 4) is 0 Å². The Labute approximate surface area is 106 Å². The van der Waals surface area contributed by atoms with Crippen molar-refractivity contribution < 1.29 is 14.7 Å². The van der Waals surface area contributed by atoms with Gasteiger partial charge in [-0.3, -0.25) is 9.78 Å². The van der Waals surface area contributed by atoms with Gasteiger partial charge in [0.2, 0.25) is 0 Å². The first-order valence-corrected chi connectivity index (χ1v) is 5.46. The molecular weight excluding hydrogens is 232 g/mol. The van der Waals surface area contributed by atoms with Gasteiger partial charge in [0.15, 0.2) is 0 Å². The summed E-state index contributed by atoms with van der Waals surface area (Å²) in [6, 6.07) is 1.59. The van der Waals surface area contributed by atoms with Gasteiger partial charge >= 0.3 is 5.97 Å². The molecule has 0 aliphatic carbocycles. The fourth-order valence-corrected chi connectivity index (χ4v) is 1.25. The summed E-state index contributed by atoms with van der Waals surface area (Å²) in [6.07, 6.45) is 5.33. The van der Waals surface area contributed by atoms with Crippen molar-refractivity contribution in [1.82, 2.24) is 10.3 Å². The molecule has 1 rings (SSSR count). The van der Waals surface area contributed by atoms with Crippen LogP contribution in [0.1, 0.15) is 36.7 Å². The minimum absolute atomic E-state index is 0.236. The third-order valence-corrected chi connectivity index (χ3v) is 1.93. The van der Waals surface area contributed by atoms with Crippen molar-refractivity contribution in [3.05, 3.63) is 35.7 Å². The van der Waals surface area contributed by atoms with Crippen molar-refractivity contribution in [3.63, 3.8) is 0 Å². The number of rotatable bonds is 3. The van der Waals surface area contributed by atoms with E-state index in [-0.39, 0.29) is 11.4 Å². The summed E-state index contributed by atoms with van der Waals surface area (Å²) in [5, 5.41) is 11.3. The Morgan fingerprint density at radius 3 is 2.56 bits per heavy atom. The highest BCUT2D eigenvalue weighted by Crippen LogP contribution is 2.07. The normalized spacial score (nSPS) is 11.5. The van der Waals surface area contributed by atoms with E-state index >= 15 is 0 Å². The third-order valence-electron chi connectivity index (χ3n) is 1.93. The maximum atomic E-state index is 11.9. The van der Waals surface area contributed by atoms with E-state index in [1.807, 2.05) is 20.8 Å². The maximum Gasteiger partial charge on any atom is 0.328 e. The molecule has 5 heteroatoms. The zero-order valence-electron chi connectivity index (χ0n) is 10.6. The Morgan fingerprint density at radius 2 is 2.00 bits per heavy atom. The number of carbonyl (C=O) groups excluding carboxylic acids is 1. The number of carboxylic acids is 1. The minimum Gasteiger partial charge on any atom is -0.478 e. The van der Waals surface area contributed by atoms with Crippen LogP contribution in [-0.2, 0) is 4.79 Å². The summed E-state index contributed by atoms with van der Waals surface area (Å²) in [4.78, 5) is 26.2. The van der Waals surface area contributed by atoms with Gasteiger partial charge in [0.25, 0.3) is 5.91 Å². The molecule has 1 aromatic heterocycles. The van der Waals surface area contributed by atoms with Gasteiger partial charge in [-0.2, -0.15) is 0 Å². The molecule has 0 unspecified atom stereocenters. The van der Waals surface area contributed by atoms with Crippen molar-refractivity contribution in [2.24, 2.45) is 0 Å². The van der Waals surface area contributed by atoms with Crippen LogP contribution in [0.25, 0.3) is 6.08 Å². The molecule has 1 aromatic rings. The SMILES string of the molecule is CC(C)(C)NC(=O)c1cncc(/C=C/C(=O)O)c1. The molecule has 1 amide bonds. The second-order valence-corrected chi connectivity index (χ2v) is 4.88. The largest absolute Gasteiger partial charge is 0.478 e. The Morgan fingerprint density at radius 1 is 1.33 bits per heavy atom. The van der Waals surface area contributed by atoms with Gasteiger partial charge in [-0.1, -0.05) is 0 Å². The number of aliphatic carboxylic acids is 1. The minimum atomic E-state index is -1.04. The Balaban J connectivity index is 2.88. The lowest BCUT2D eigenvalue weighted by Crippen LogP contribution is -2.40. The van der Waals surface area contributed by atoms with E-state index in [9.17, 15) is 9.59 Å². The summed E-state index contributed by atoms with van der Waals surface area (Å²) in [7, 11) is 0. The number of pyridine rings is 1. The summed E-state index contributed by atoms with van der Waals surface area (Å²) in [5.41, 5.74) is 0.640. The quantitative estimate of drug-likeness (QED) is 0.798. The van der Waals surface area contributed by atoms with Gasteiger partial charge in [-0.25, -0.2) is 4.79 Å². The van der Waals surface area contributed by atoms with E-state index in [1.165, 1.54) is 18.5 Å². The van der Waals surface area contributed by atoms with Crippen LogP contribution in [0.3, 0.4) is 0 Å². The number of aromatic nitrogens is 1. The van der Waals surface area contributed by atoms with E-state index in [0.717, 1.165) is 6.08 Å². The van der Waals surface area contributed by atoms with Crippen LogP contribution in [0.4, 0.5) is 0 Å². The molecule has 0 fully saturated rings. The molecule has 1 heterocycles. The van der Waals surface area contributed by atoms with Crippen LogP contribution >= 0.6 is 0 Å². The first-order valence-electron chi connectivity index (χ1n) is 5.46. The molecule has 0 radical (unpaired) electrons. The molecule has 0 aliphatic rings. The standard InChI is InChI=1S/C13H16N2O3/c1-13(2,3)15-12(18)10-6-9(7-14-8-10)4-5-11(16)17/h4-8H,1-3H3,(H,15,18)(H,16,17)/b5-4+. The van der Waals surface area contributed by atoms with E-state index in [4.69, 9.17) is 5.11 Å². The number of carbonyl (C=O) groups is 2. The van der Waals surface area contributed by atoms with E-state index in [1.54, 1.807) is 6.07 Å². The zero-order valence-corrected chi connectivity index (χ0v) is 10.6. The molecule has 0 bridgehead atoms. The van der Waals surface area contributed by atoms with Gasteiger partial charge in [0.1, 0.15) is 0 Å². The molecule has 0 saturated heterocycles. The number of nitrogens with zero attached hydrogens (tertiary/aromatic N) is 1. The lowest BCUT2D eigenvalue weighted by molar-refractivity contribution is -0.131. The van der Waals surface area contributed by atoms with Gasteiger partial charge in [0, 0.05) is 24.0 Å². The van der Waals surface area contributed by atoms with Crippen molar-refractivity contribution >= 4 is 18.0 Å². The third kappa shape index (κ3) is 4.78. The molecule has 96 valence electrons. The first kappa shape index (κ1) is 13.9. The number of carboxylic acid groups (broad SMARTS) is 1. The Bertz CT molecular complexity index is 487. The van der Waals surface area contributed by atoms with Gasteiger partial charge in [-0.15, -0.1) is 0 Å². The van der Waals surface area contributed by atoms with Crippen molar-refractivity contribution in [1.29, 1.82) is 0 Å². The zero-order chi connectivity index (χ0) is 13.8. The highest BCUT2D eigenvalue weighted by Gasteiger charge is 2.15. The fourth-order valence-electron chi connectivity index (χ4n) is 1.25.